The second-order valence-corrected chi connectivity index (χ2v) is 4.97. The normalized spacial score (nSPS) is 10.9. The number of nitrogens with one attached hydrogen (secondary N) is 4. The van der Waals surface area contributed by atoms with Crippen LogP contribution in [-0.4, -0.2) is 15.2 Å². The molecule has 1 aromatic rings. The van der Waals surface area contributed by atoms with Crippen molar-refractivity contribution in [3.63, 3.8) is 0 Å². The minimum Gasteiger partial charge on any atom is -0.352 e. The van der Waals surface area contributed by atoms with Gasteiger partial charge in [0.1, 0.15) is 0 Å². The fourth-order valence-corrected chi connectivity index (χ4v) is 2.81. The van der Waals surface area contributed by atoms with E-state index >= 15 is 0 Å². The number of H-pyrrole nitrogens is 3. The predicted molar refractivity (Wildman–Crippen MR) is 68.9 cm³/mol. The molecule has 0 radical (unpaired) electrons. The number of hydrogen-bond donors (Lipinski definition) is 4. The van der Waals surface area contributed by atoms with Gasteiger partial charge in [0.2, 0.25) is 0 Å². The number of benzene rings is 1. The van der Waals surface area contributed by atoms with E-state index in [0.29, 0.717) is 10.8 Å². The molecule has 0 fully saturated rings. The van der Waals surface area contributed by atoms with E-state index in [9.17, 15) is 0 Å². The van der Waals surface area contributed by atoms with E-state index < -0.39 is 0 Å². The van der Waals surface area contributed by atoms with Crippen molar-refractivity contribution in [2.45, 2.75) is 0 Å². The Morgan fingerprint density at radius 3 is 3.06 bits per heavy atom. The molecule has 86 valence electrons. The van der Waals surface area contributed by atoms with E-state index in [2.05, 4.69) is 20.3 Å². The Morgan fingerprint density at radius 1 is 1.35 bits per heavy atom. The monoisotopic (exact) mass is 265 g/mol. The van der Waals surface area contributed by atoms with Gasteiger partial charge in [-0.05, 0) is 18.2 Å². The van der Waals surface area contributed by atoms with Crippen molar-refractivity contribution in [2.24, 2.45) is 5.11 Å². The largest absolute Gasteiger partial charge is 0.352 e. The smallest absolute Gasteiger partial charge is 0.185 e. The number of rotatable bonds is 1. The molecule has 17 heavy (non-hydrogen) atoms. The van der Waals surface area contributed by atoms with Gasteiger partial charge in [-0.1, -0.05) is 11.6 Å². The first-order valence-electron chi connectivity index (χ1n) is 4.86. The lowest BCUT2D eigenvalue weighted by Crippen LogP contribution is -1.91. The minimum atomic E-state index is 0.501. The van der Waals surface area contributed by atoms with Crippen molar-refractivity contribution >= 4 is 39.0 Å². The van der Waals surface area contributed by atoms with Crippen LogP contribution < -0.4 is 0 Å². The molecule has 5 nitrogen and oxygen atoms in total. The first-order valence-corrected chi connectivity index (χ1v) is 6.05. The molecule has 2 heterocycles. The van der Waals surface area contributed by atoms with Crippen LogP contribution in [0.15, 0.2) is 29.5 Å². The average molecular weight is 266 g/mol. The molecule has 0 spiro atoms. The van der Waals surface area contributed by atoms with Crippen LogP contribution >= 0.6 is 22.9 Å². The summed E-state index contributed by atoms with van der Waals surface area (Å²) in [5.74, 6) is 0.501. The number of aromatic nitrogens is 3. The second-order valence-electron chi connectivity index (χ2n) is 3.48. The van der Waals surface area contributed by atoms with Crippen LogP contribution in [0.2, 0.25) is 5.02 Å². The second kappa shape index (κ2) is 3.90. The third-order valence-corrected chi connectivity index (χ3v) is 3.83. The molecule has 0 amide bonds. The van der Waals surface area contributed by atoms with Crippen LogP contribution in [0.3, 0.4) is 0 Å². The molecule has 3 rings (SSSR count). The van der Waals surface area contributed by atoms with Gasteiger partial charge >= 0.3 is 0 Å². The van der Waals surface area contributed by atoms with Crippen molar-refractivity contribution < 1.29 is 0 Å². The lowest BCUT2D eigenvalue weighted by Gasteiger charge is -2.09. The summed E-state index contributed by atoms with van der Waals surface area (Å²) in [6.45, 7) is 0. The topological polar surface area (TPSA) is 83.6 Å². The molecule has 4 N–H and O–H groups in total. The summed E-state index contributed by atoms with van der Waals surface area (Å²) < 4.78 is 1.06. The zero-order chi connectivity index (χ0) is 11.8. The fourth-order valence-electron chi connectivity index (χ4n) is 1.65. The molecule has 0 aromatic heterocycles. The zero-order valence-electron chi connectivity index (χ0n) is 8.54. The van der Waals surface area contributed by atoms with Crippen LogP contribution in [-0.2, 0) is 0 Å². The third-order valence-electron chi connectivity index (χ3n) is 2.40. The number of aromatic amines is 3. The molecule has 0 saturated heterocycles. The van der Waals surface area contributed by atoms with E-state index in [-0.39, 0.29) is 0 Å². The van der Waals surface area contributed by atoms with Crippen molar-refractivity contribution in [2.75, 3.05) is 0 Å². The Bertz CT molecular complexity index is 702. The van der Waals surface area contributed by atoms with Crippen molar-refractivity contribution in [1.82, 2.24) is 15.2 Å². The Kier molecular flexibility index (Phi) is 2.38. The molecule has 1 aromatic carbocycles. The Labute approximate surface area is 105 Å². The summed E-state index contributed by atoms with van der Waals surface area (Å²) in [5.41, 5.74) is 8.96. The van der Waals surface area contributed by atoms with Gasteiger partial charge in [0.15, 0.2) is 5.82 Å². The molecule has 2 aliphatic rings. The third kappa shape index (κ3) is 1.71. The predicted octanol–water partition coefficient (Wildman–Crippen LogP) is 4.43. The van der Waals surface area contributed by atoms with Crippen LogP contribution in [0.4, 0.5) is 5.82 Å². The summed E-state index contributed by atoms with van der Waals surface area (Å²) in [5, 5.41) is 9.80. The summed E-state index contributed by atoms with van der Waals surface area (Å²) in [6.07, 6.45) is 1.79. The van der Waals surface area contributed by atoms with Gasteiger partial charge in [-0.25, -0.2) is 5.53 Å². The quantitative estimate of drug-likeness (QED) is 0.371. The molecular formula is C10H8ClN5S. The molecule has 0 atom stereocenters. The van der Waals surface area contributed by atoms with E-state index in [1.165, 1.54) is 0 Å². The average Bonchev–Trinajstić information content (AvgIpc) is 2.35. The molecular weight excluding hydrogens is 258 g/mol. The standard InChI is InChI=1S/C10H8ClN5S/c11-5-1-2-8-6(3-5)14-7-4-13-16-10(15-12)9(7)17-8/h1-4,12-14,16H. The van der Waals surface area contributed by atoms with Gasteiger partial charge in [0.05, 0.1) is 20.8 Å². The summed E-state index contributed by atoms with van der Waals surface area (Å²) >= 11 is 7.51. The first-order chi connectivity index (χ1) is 8.28. The van der Waals surface area contributed by atoms with E-state index in [0.717, 1.165) is 20.8 Å². The van der Waals surface area contributed by atoms with E-state index in [4.69, 9.17) is 17.1 Å². The highest BCUT2D eigenvalue weighted by atomic mass is 35.5. The van der Waals surface area contributed by atoms with Gasteiger partial charge in [0.25, 0.3) is 0 Å². The van der Waals surface area contributed by atoms with Gasteiger partial charge < -0.3 is 10.1 Å². The maximum atomic E-state index is 7.11. The van der Waals surface area contributed by atoms with E-state index in [1.807, 2.05) is 18.2 Å². The lowest BCUT2D eigenvalue weighted by molar-refractivity contribution is 0.979. The number of nitrogens with zero attached hydrogens (tertiary/aromatic N) is 1. The maximum Gasteiger partial charge on any atom is 0.185 e. The summed E-state index contributed by atoms with van der Waals surface area (Å²) in [4.78, 5) is 4.15. The van der Waals surface area contributed by atoms with Crippen LogP contribution in [0.1, 0.15) is 0 Å². The number of hydrogen-bond acceptors (Lipinski definition) is 3. The van der Waals surface area contributed by atoms with Crippen molar-refractivity contribution in [3.8, 4) is 10.6 Å². The van der Waals surface area contributed by atoms with Crippen LogP contribution in [0.5, 0.6) is 0 Å². The fraction of sp³-hybridized carbons (Fsp3) is 0. The van der Waals surface area contributed by atoms with Gasteiger partial charge in [0, 0.05) is 11.2 Å². The van der Waals surface area contributed by atoms with Crippen molar-refractivity contribution in [3.05, 3.63) is 29.4 Å². The Morgan fingerprint density at radius 2 is 2.24 bits per heavy atom. The molecule has 0 aliphatic carbocycles. The number of fused-ring (bicyclic) bond motifs is 2. The molecule has 7 heteroatoms. The maximum absolute atomic E-state index is 7.11. The molecule has 0 unspecified atom stereocenters. The number of halogens is 1. The van der Waals surface area contributed by atoms with E-state index in [1.54, 1.807) is 17.5 Å². The van der Waals surface area contributed by atoms with Gasteiger partial charge in [-0.3, -0.25) is 5.10 Å². The lowest BCUT2D eigenvalue weighted by atomic mass is 10.3. The summed E-state index contributed by atoms with van der Waals surface area (Å²) in [7, 11) is 0. The SMILES string of the molecule is N=Nc1[nH][nH]cc2[nH]c3cc(Cl)ccc3sc1-2. The zero-order valence-corrected chi connectivity index (χ0v) is 10.1. The van der Waals surface area contributed by atoms with Gasteiger partial charge in [-0.2, -0.15) is 0 Å². The van der Waals surface area contributed by atoms with Crippen LogP contribution in [0.25, 0.3) is 20.8 Å². The minimum absolute atomic E-state index is 0.501. The first kappa shape index (κ1) is 10.4. The molecule has 0 bridgehead atoms. The van der Waals surface area contributed by atoms with Gasteiger partial charge in [-0.15, -0.1) is 16.5 Å². The Hall–Kier alpha value is -1.79. The molecule has 0 saturated carbocycles. The highest BCUT2D eigenvalue weighted by Crippen LogP contribution is 2.36. The highest BCUT2D eigenvalue weighted by Gasteiger charge is 2.10. The molecule has 2 aliphatic heterocycles. The Balaban J connectivity index is 2.43. The highest BCUT2D eigenvalue weighted by molar-refractivity contribution is 7.21. The summed E-state index contributed by atoms with van der Waals surface area (Å²) in [6, 6.07) is 5.67. The van der Waals surface area contributed by atoms with Crippen LogP contribution in [0, 0.1) is 5.53 Å². The van der Waals surface area contributed by atoms with Crippen molar-refractivity contribution in [1.29, 1.82) is 5.53 Å².